The highest BCUT2D eigenvalue weighted by Gasteiger charge is 2.27. The van der Waals surface area contributed by atoms with E-state index < -0.39 is 7.12 Å². The van der Waals surface area contributed by atoms with Crippen LogP contribution in [-0.4, -0.2) is 12.1 Å². The first-order chi connectivity index (χ1) is 9.76. The zero-order valence-corrected chi connectivity index (χ0v) is 11.4. The molecule has 1 aliphatic rings. The van der Waals surface area contributed by atoms with E-state index in [0.29, 0.717) is 12.2 Å². The van der Waals surface area contributed by atoms with Gasteiger partial charge in [0.2, 0.25) is 0 Å². The van der Waals surface area contributed by atoms with Gasteiger partial charge in [-0.2, -0.15) is 5.26 Å². The van der Waals surface area contributed by atoms with E-state index in [-0.39, 0.29) is 0 Å². The first-order valence-electron chi connectivity index (χ1n) is 6.12. The molecule has 0 saturated heterocycles. The fourth-order valence-electron chi connectivity index (χ4n) is 1.99. The first-order valence-corrected chi connectivity index (χ1v) is 6.93. The Hall–Kier alpha value is -1.94. The predicted octanol–water partition coefficient (Wildman–Crippen LogP) is 1.90. The van der Waals surface area contributed by atoms with E-state index in [4.69, 9.17) is 9.92 Å². The van der Waals surface area contributed by atoms with Crippen LogP contribution in [0.2, 0.25) is 0 Å². The van der Waals surface area contributed by atoms with Crippen LogP contribution in [0.3, 0.4) is 0 Å². The van der Waals surface area contributed by atoms with Crippen molar-refractivity contribution in [3.8, 4) is 6.07 Å². The zero-order valence-electron chi connectivity index (χ0n) is 10.5. The molecule has 0 unspecified atom stereocenters. The number of nitrogens with one attached hydrogen (secondary N) is 1. The summed E-state index contributed by atoms with van der Waals surface area (Å²) in [5.41, 5.74) is 3.39. The van der Waals surface area contributed by atoms with Crippen molar-refractivity contribution in [3.05, 3.63) is 53.6 Å². The maximum atomic E-state index is 9.66. The summed E-state index contributed by atoms with van der Waals surface area (Å²) in [5.74, 6) is 0. The second-order valence-corrected chi connectivity index (χ2v) is 5.30. The molecular formula is C14H11BN2O2S. The molecule has 0 aromatic heterocycles. The molecule has 0 fully saturated rings. The number of benzene rings is 2. The highest BCUT2D eigenvalue weighted by Crippen LogP contribution is 2.22. The maximum absolute atomic E-state index is 9.66. The minimum Gasteiger partial charge on any atom is -0.423 e. The smallest absolute Gasteiger partial charge is 0.423 e. The Balaban J connectivity index is 1.69. The standard InChI is InChI=1S/C14H11BN2O2S/c16-8-10-1-5-13(6-2-10)20-17-12-4-3-11-9-19-15(18)14(11)7-12/h1-7,17-18H,9H2. The van der Waals surface area contributed by atoms with Gasteiger partial charge in [-0.3, -0.25) is 0 Å². The number of hydrogen-bond donors (Lipinski definition) is 2. The van der Waals surface area contributed by atoms with Gasteiger partial charge in [0.25, 0.3) is 0 Å². The number of nitrogens with zero attached hydrogens (tertiary/aromatic N) is 1. The molecule has 0 amide bonds. The van der Waals surface area contributed by atoms with Crippen molar-refractivity contribution in [2.45, 2.75) is 11.5 Å². The van der Waals surface area contributed by atoms with E-state index in [9.17, 15) is 5.02 Å². The SMILES string of the molecule is N#Cc1ccc(SNc2ccc3c(c2)B(O)OC3)cc1. The van der Waals surface area contributed by atoms with Gasteiger partial charge in [0.05, 0.1) is 18.2 Å². The van der Waals surface area contributed by atoms with Crippen LogP contribution in [0.1, 0.15) is 11.1 Å². The molecule has 1 aliphatic heterocycles. The predicted molar refractivity (Wildman–Crippen MR) is 79.5 cm³/mol. The lowest BCUT2D eigenvalue weighted by Crippen LogP contribution is -2.28. The van der Waals surface area contributed by atoms with Gasteiger partial charge in [-0.1, -0.05) is 6.07 Å². The quantitative estimate of drug-likeness (QED) is 0.665. The number of hydrogen-bond acceptors (Lipinski definition) is 5. The van der Waals surface area contributed by atoms with E-state index in [2.05, 4.69) is 10.8 Å². The Morgan fingerprint density at radius 2 is 2.05 bits per heavy atom. The summed E-state index contributed by atoms with van der Waals surface area (Å²) in [6.07, 6.45) is 0. The van der Waals surface area contributed by atoms with Gasteiger partial charge in [0.1, 0.15) is 0 Å². The number of fused-ring (bicyclic) bond motifs is 1. The number of rotatable bonds is 3. The normalized spacial score (nSPS) is 12.9. The lowest BCUT2D eigenvalue weighted by molar-refractivity contribution is 0.275. The molecule has 98 valence electrons. The number of nitriles is 1. The van der Waals surface area contributed by atoms with E-state index in [0.717, 1.165) is 21.6 Å². The summed E-state index contributed by atoms with van der Waals surface area (Å²) in [7, 11) is -0.827. The van der Waals surface area contributed by atoms with Crippen molar-refractivity contribution in [1.29, 1.82) is 5.26 Å². The van der Waals surface area contributed by atoms with E-state index >= 15 is 0 Å². The summed E-state index contributed by atoms with van der Waals surface area (Å²) >= 11 is 1.46. The molecule has 6 heteroatoms. The van der Waals surface area contributed by atoms with Crippen LogP contribution in [0.25, 0.3) is 0 Å². The van der Waals surface area contributed by atoms with Crippen molar-refractivity contribution < 1.29 is 9.68 Å². The molecule has 2 aromatic carbocycles. The van der Waals surface area contributed by atoms with Gasteiger partial charge in [-0.05, 0) is 59.4 Å². The average molecular weight is 282 g/mol. The second-order valence-electron chi connectivity index (χ2n) is 4.42. The van der Waals surface area contributed by atoms with Gasteiger partial charge in [-0.15, -0.1) is 0 Å². The summed E-state index contributed by atoms with van der Waals surface area (Å²) < 4.78 is 8.37. The second kappa shape index (κ2) is 5.59. The Labute approximate surface area is 121 Å². The molecule has 0 atom stereocenters. The third-order valence-electron chi connectivity index (χ3n) is 3.08. The van der Waals surface area contributed by atoms with Crippen LogP contribution in [0.5, 0.6) is 0 Å². The van der Waals surface area contributed by atoms with Gasteiger partial charge in [-0.25, -0.2) is 0 Å². The van der Waals surface area contributed by atoms with Crippen molar-refractivity contribution in [3.63, 3.8) is 0 Å². The molecule has 4 nitrogen and oxygen atoms in total. The highest BCUT2D eigenvalue weighted by atomic mass is 32.2. The fourth-order valence-corrected chi connectivity index (χ4v) is 2.63. The lowest BCUT2D eigenvalue weighted by atomic mass is 9.79. The van der Waals surface area contributed by atoms with Crippen LogP contribution in [0.15, 0.2) is 47.4 Å². The molecule has 2 aromatic rings. The van der Waals surface area contributed by atoms with E-state index in [1.165, 1.54) is 11.9 Å². The maximum Gasteiger partial charge on any atom is 0.491 e. The van der Waals surface area contributed by atoms with Crippen LogP contribution in [0.4, 0.5) is 5.69 Å². The molecule has 0 aliphatic carbocycles. The van der Waals surface area contributed by atoms with Crippen LogP contribution < -0.4 is 10.2 Å². The Morgan fingerprint density at radius 1 is 1.25 bits per heavy atom. The molecule has 20 heavy (non-hydrogen) atoms. The molecule has 1 heterocycles. The molecule has 0 radical (unpaired) electrons. The van der Waals surface area contributed by atoms with E-state index in [1.807, 2.05) is 30.3 Å². The van der Waals surface area contributed by atoms with Crippen LogP contribution in [-0.2, 0) is 11.3 Å². The zero-order chi connectivity index (χ0) is 13.9. The molecule has 0 spiro atoms. The summed E-state index contributed by atoms with van der Waals surface area (Å²) in [4.78, 5) is 1.02. The van der Waals surface area contributed by atoms with Crippen molar-refractivity contribution in [2.75, 3.05) is 4.72 Å². The van der Waals surface area contributed by atoms with Gasteiger partial charge >= 0.3 is 7.12 Å². The average Bonchev–Trinajstić information content (AvgIpc) is 2.87. The third-order valence-corrected chi connectivity index (χ3v) is 3.92. The van der Waals surface area contributed by atoms with Gasteiger partial charge in [0, 0.05) is 10.6 Å². The Morgan fingerprint density at radius 3 is 2.80 bits per heavy atom. The van der Waals surface area contributed by atoms with Gasteiger partial charge < -0.3 is 14.4 Å². The van der Waals surface area contributed by atoms with Gasteiger partial charge in [0.15, 0.2) is 0 Å². The van der Waals surface area contributed by atoms with Crippen molar-refractivity contribution in [2.24, 2.45) is 0 Å². The third kappa shape index (κ3) is 2.65. The topological polar surface area (TPSA) is 65.3 Å². The minimum atomic E-state index is -0.827. The van der Waals surface area contributed by atoms with Crippen molar-refractivity contribution in [1.82, 2.24) is 0 Å². The summed E-state index contributed by atoms with van der Waals surface area (Å²) in [5, 5.41) is 18.4. The fraction of sp³-hybridized carbons (Fsp3) is 0.0714. The Kier molecular flexibility index (Phi) is 3.65. The molecule has 0 saturated carbocycles. The van der Waals surface area contributed by atoms with E-state index in [1.54, 1.807) is 12.1 Å². The highest BCUT2D eigenvalue weighted by molar-refractivity contribution is 8.00. The summed E-state index contributed by atoms with van der Waals surface area (Å²) in [6.45, 7) is 0.458. The lowest BCUT2D eigenvalue weighted by Gasteiger charge is -2.07. The molecule has 0 bridgehead atoms. The molecule has 3 rings (SSSR count). The summed E-state index contributed by atoms with van der Waals surface area (Å²) in [6, 6.07) is 15.2. The first kappa shape index (κ1) is 13.1. The van der Waals surface area contributed by atoms with Crippen molar-refractivity contribution >= 4 is 30.2 Å². The molecule has 2 N–H and O–H groups in total. The van der Waals surface area contributed by atoms with Crippen LogP contribution in [0, 0.1) is 11.3 Å². The molecular weight excluding hydrogens is 271 g/mol. The Bertz CT molecular complexity index is 670. The number of anilines is 1. The monoisotopic (exact) mass is 282 g/mol. The largest absolute Gasteiger partial charge is 0.491 e. The van der Waals surface area contributed by atoms with Crippen LogP contribution >= 0.6 is 11.9 Å². The minimum absolute atomic E-state index is 0.458.